The molecule has 0 amide bonds. The Morgan fingerprint density at radius 1 is 0.208 bits per heavy atom. The summed E-state index contributed by atoms with van der Waals surface area (Å²) >= 11 is 0. The summed E-state index contributed by atoms with van der Waals surface area (Å²) in [7, 11) is -7.32. The maximum Gasteiger partial charge on any atom is 0.252 e. The standard InChI is InChI=1S/C124H92BN3Si2/c1-124(2,3)97-74-76-113-117(84-97)127(122-107(89-46-18-6-19-47-89)68-40-69-108(122)90-48-20-7-21-49-90)119-82-96(83-120-121(119)125(113)114-77-75-98(126-115-72-36-34-66-111(115)112-67-35-37-73-116(112)126)85-118(114)128(120)123-109(91-50-22-8-23-51-91)70-41-71-110(123)92-52-24-9-25-53-92)95-80-105(129(99-56-26-10-27-57-99,100-58-28-11-29-59-100)103-64-38-54-93(78-103)87-42-14-4-15-43-87)86-106(81-95)130(101-60-30-12-31-61-101,102-62-32-13-33-63-102)104-65-39-55-94(79-104)88-44-16-5-17-45-88/h4-86H,1-3H3. The first-order valence-electron chi connectivity index (χ1n) is 45.4. The summed E-state index contributed by atoms with van der Waals surface area (Å²) in [5.74, 6) is 0. The second kappa shape index (κ2) is 32.9. The van der Waals surface area contributed by atoms with E-state index in [9.17, 15) is 0 Å². The van der Waals surface area contributed by atoms with Crippen molar-refractivity contribution in [1.82, 2.24) is 4.57 Å². The zero-order valence-corrected chi connectivity index (χ0v) is 74.8. The summed E-state index contributed by atoms with van der Waals surface area (Å²) in [6, 6.07) is 193. The van der Waals surface area contributed by atoms with Crippen LogP contribution in [0.5, 0.6) is 0 Å². The van der Waals surface area contributed by atoms with Crippen molar-refractivity contribution in [3.05, 3.63) is 509 Å². The highest BCUT2D eigenvalue weighted by Gasteiger charge is 2.50. The molecule has 0 spiro atoms. The van der Waals surface area contributed by atoms with Crippen LogP contribution in [-0.2, 0) is 5.41 Å². The van der Waals surface area contributed by atoms with Gasteiger partial charge in [0.05, 0.1) is 22.4 Å². The molecule has 0 saturated heterocycles. The average Bonchev–Trinajstić information content (AvgIpc) is 0.776. The molecular formula is C124H92BN3Si2. The Labute approximate surface area is 764 Å². The van der Waals surface area contributed by atoms with Crippen LogP contribution in [0, 0.1) is 0 Å². The van der Waals surface area contributed by atoms with Crippen molar-refractivity contribution in [3.63, 3.8) is 0 Å². The highest BCUT2D eigenvalue weighted by Crippen LogP contribution is 2.55. The number of fused-ring (bicyclic) bond motifs is 7. The number of hydrogen-bond donors (Lipinski definition) is 0. The highest BCUT2D eigenvalue weighted by molar-refractivity contribution is 7.22. The summed E-state index contributed by atoms with van der Waals surface area (Å²) in [5.41, 5.74) is 30.4. The lowest BCUT2D eigenvalue weighted by atomic mass is 9.33. The highest BCUT2D eigenvalue weighted by atomic mass is 28.3. The van der Waals surface area contributed by atoms with Crippen molar-refractivity contribution < 1.29 is 0 Å². The van der Waals surface area contributed by atoms with Crippen LogP contribution >= 0.6 is 0 Å². The van der Waals surface area contributed by atoms with E-state index in [1.54, 1.807) is 0 Å². The molecule has 0 unspecified atom stereocenters. The summed E-state index contributed by atoms with van der Waals surface area (Å²) < 4.78 is 2.52. The number of anilines is 6. The molecule has 20 aromatic carbocycles. The molecule has 0 fully saturated rings. The van der Waals surface area contributed by atoms with Crippen LogP contribution in [0.3, 0.4) is 0 Å². The van der Waals surface area contributed by atoms with E-state index in [0.29, 0.717) is 0 Å². The number of nitrogens with zero attached hydrogens (tertiary/aromatic N) is 3. The molecule has 23 rings (SSSR count). The van der Waals surface area contributed by atoms with Crippen molar-refractivity contribution in [3.8, 4) is 83.6 Å². The van der Waals surface area contributed by atoms with Gasteiger partial charge in [-0.05, 0) is 167 Å². The van der Waals surface area contributed by atoms with Gasteiger partial charge in [0.2, 0.25) is 0 Å². The zero-order valence-electron chi connectivity index (χ0n) is 72.8. The fourth-order valence-corrected chi connectivity index (χ4v) is 31.3. The molecule has 0 bridgehead atoms. The van der Waals surface area contributed by atoms with Crippen molar-refractivity contribution >= 4 is 137 Å². The maximum absolute atomic E-state index is 3.66. The second-order valence-electron chi connectivity index (χ2n) is 35.7. The minimum Gasteiger partial charge on any atom is -0.310 e. The van der Waals surface area contributed by atoms with Crippen LogP contribution in [0.2, 0.25) is 0 Å². The third-order valence-corrected chi connectivity index (χ3v) is 36.8. The SMILES string of the molecule is CC(C)(C)c1ccc2c(c1)N(c1c(-c3ccccc3)cccc1-c1ccccc1)c1cc(-c3cc([Si](c4ccccc4)(c4ccccc4)c4cccc(-c5ccccc5)c4)cc([Si](c4ccccc4)(c4ccccc4)c4cccc(-c5ccccc5)c4)c3)cc3c1B2c1ccc(-n2c4ccccc4c4ccccc42)cc1N3c1c(-c2ccccc2)cccc1-c1ccccc1. The number of rotatable bonds is 18. The first-order chi connectivity index (χ1) is 64.1. The summed E-state index contributed by atoms with van der Waals surface area (Å²) in [6.45, 7) is 6.82. The Hall–Kier alpha value is -15.7. The zero-order chi connectivity index (χ0) is 86.9. The smallest absolute Gasteiger partial charge is 0.252 e. The van der Waals surface area contributed by atoms with Gasteiger partial charge in [0.25, 0.3) is 6.71 Å². The van der Waals surface area contributed by atoms with Crippen molar-refractivity contribution in [2.75, 3.05) is 9.80 Å². The largest absolute Gasteiger partial charge is 0.310 e. The van der Waals surface area contributed by atoms with Crippen LogP contribution in [0.25, 0.3) is 105 Å². The molecule has 21 aromatic rings. The number of hydrogen-bond acceptors (Lipinski definition) is 2. The third-order valence-electron chi connectivity index (χ3n) is 27.4. The summed E-state index contributed by atoms with van der Waals surface area (Å²) in [5, 5.41) is 12.7. The molecule has 0 N–H and O–H groups in total. The van der Waals surface area contributed by atoms with E-state index < -0.39 is 16.1 Å². The lowest BCUT2D eigenvalue weighted by Gasteiger charge is -2.46. The predicted octanol–water partition coefficient (Wildman–Crippen LogP) is 24.6. The number of aromatic nitrogens is 1. The molecule has 0 radical (unpaired) electrons. The second-order valence-corrected chi connectivity index (χ2v) is 43.3. The van der Waals surface area contributed by atoms with Gasteiger partial charge >= 0.3 is 0 Å². The van der Waals surface area contributed by atoms with E-state index in [1.165, 1.54) is 96.5 Å². The lowest BCUT2D eigenvalue weighted by molar-refractivity contribution is 0.590. The van der Waals surface area contributed by atoms with Gasteiger partial charge in [-0.2, -0.15) is 0 Å². The van der Waals surface area contributed by atoms with Gasteiger partial charge in [-0.25, -0.2) is 0 Å². The molecule has 0 atom stereocenters. The number of benzene rings is 20. The summed E-state index contributed by atoms with van der Waals surface area (Å²) in [6.07, 6.45) is 0. The van der Waals surface area contributed by atoms with Crippen LogP contribution in [0.15, 0.2) is 504 Å². The van der Waals surface area contributed by atoms with Crippen molar-refractivity contribution in [1.29, 1.82) is 0 Å². The lowest BCUT2D eigenvalue weighted by Crippen LogP contribution is -2.78. The van der Waals surface area contributed by atoms with Crippen LogP contribution in [0.1, 0.15) is 26.3 Å². The van der Waals surface area contributed by atoms with Gasteiger partial charge in [0.1, 0.15) is 0 Å². The van der Waals surface area contributed by atoms with E-state index in [-0.39, 0.29) is 12.1 Å². The Kier molecular flexibility index (Phi) is 20.0. The Morgan fingerprint density at radius 3 is 0.869 bits per heavy atom. The quantitative estimate of drug-likeness (QED) is 0.0627. The Balaban J connectivity index is 0.941. The van der Waals surface area contributed by atoms with E-state index >= 15 is 0 Å². The van der Waals surface area contributed by atoms with Gasteiger partial charge in [0.15, 0.2) is 16.1 Å². The van der Waals surface area contributed by atoms with Crippen molar-refractivity contribution in [2.24, 2.45) is 0 Å². The van der Waals surface area contributed by atoms with E-state index in [1.807, 2.05) is 0 Å². The van der Waals surface area contributed by atoms with Gasteiger partial charge in [-0.1, -0.05) is 482 Å². The van der Waals surface area contributed by atoms with Crippen LogP contribution in [0.4, 0.5) is 34.1 Å². The molecular weight excluding hydrogens is 1600 g/mol. The maximum atomic E-state index is 2.75. The minimum absolute atomic E-state index is 0.261. The Morgan fingerprint density at radius 2 is 0.500 bits per heavy atom. The topological polar surface area (TPSA) is 11.4 Å². The van der Waals surface area contributed by atoms with E-state index in [0.717, 1.165) is 106 Å². The molecule has 130 heavy (non-hydrogen) atoms. The first-order valence-corrected chi connectivity index (χ1v) is 49.4. The van der Waals surface area contributed by atoms with Crippen LogP contribution < -0.4 is 67.7 Å². The van der Waals surface area contributed by atoms with Gasteiger partial charge in [-0.15, -0.1) is 0 Å². The normalized spacial score (nSPS) is 12.4. The van der Waals surface area contributed by atoms with E-state index in [2.05, 4.69) is 539 Å². The van der Waals surface area contributed by atoms with Gasteiger partial charge < -0.3 is 14.4 Å². The molecule has 614 valence electrons. The fourth-order valence-electron chi connectivity index (χ4n) is 21.5. The first kappa shape index (κ1) is 79.0. The molecule has 2 aliphatic rings. The fraction of sp³-hybridized carbons (Fsp3) is 0.0323. The van der Waals surface area contributed by atoms with E-state index in [4.69, 9.17) is 0 Å². The minimum atomic E-state index is -3.66. The molecule has 2 aliphatic heterocycles. The Bertz CT molecular complexity index is 7370. The molecule has 1 aromatic heterocycles. The average molecular weight is 1690 g/mol. The third kappa shape index (κ3) is 13.4. The van der Waals surface area contributed by atoms with Crippen LogP contribution in [-0.4, -0.2) is 27.4 Å². The predicted molar refractivity (Wildman–Crippen MR) is 559 cm³/mol. The summed E-state index contributed by atoms with van der Waals surface area (Å²) in [4.78, 5) is 5.50. The van der Waals surface area contributed by atoms with Gasteiger partial charge in [0, 0.05) is 61.5 Å². The molecule has 6 heteroatoms. The molecule has 3 nitrogen and oxygen atoms in total. The number of para-hydroxylation sites is 4. The molecule has 0 aliphatic carbocycles. The molecule has 0 saturated carbocycles. The van der Waals surface area contributed by atoms with Gasteiger partial charge in [-0.3, -0.25) is 0 Å². The van der Waals surface area contributed by atoms with Crippen molar-refractivity contribution in [2.45, 2.75) is 26.2 Å². The molecule has 3 heterocycles. The monoisotopic (exact) mass is 1690 g/mol.